The highest BCUT2D eigenvalue weighted by atomic mass is 19.2. The lowest BCUT2D eigenvalue weighted by Crippen LogP contribution is -2.23. The van der Waals surface area contributed by atoms with E-state index in [1.807, 2.05) is 12.2 Å². The Morgan fingerprint density at radius 2 is 1.77 bits per heavy atom. The predicted octanol–water partition coefficient (Wildman–Crippen LogP) is 8.82. The monoisotopic (exact) mass is 412 g/mol. The first-order chi connectivity index (χ1) is 14.6. The molecule has 0 bridgehead atoms. The Morgan fingerprint density at radius 1 is 0.967 bits per heavy atom. The van der Waals surface area contributed by atoms with Gasteiger partial charge in [-0.3, -0.25) is 0 Å². The molecule has 0 amide bonds. The van der Waals surface area contributed by atoms with Crippen molar-refractivity contribution in [1.82, 2.24) is 0 Å². The number of benzene rings is 1. The van der Waals surface area contributed by atoms with Crippen LogP contribution in [0.15, 0.2) is 43.0 Å². The van der Waals surface area contributed by atoms with Gasteiger partial charge in [-0.2, -0.15) is 0 Å². The quantitative estimate of drug-likeness (QED) is 0.355. The molecule has 0 radical (unpaired) electrons. The normalized spacial score (nSPS) is 24.8. The summed E-state index contributed by atoms with van der Waals surface area (Å²) >= 11 is 0. The molecule has 3 rings (SSSR count). The Balaban J connectivity index is 1.57. The summed E-state index contributed by atoms with van der Waals surface area (Å²) in [6.07, 6.45) is 21.4. The van der Waals surface area contributed by atoms with Crippen molar-refractivity contribution in [2.75, 3.05) is 0 Å². The van der Waals surface area contributed by atoms with Crippen molar-refractivity contribution in [2.24, 2.45) is 17.8 Å². The van der Waals surface area contributed by atoms with Gasteiger partial charge in [0.2, 0.25) is 0 Å². The van der Waals surface area contributed by atoms with E-state index in [4.69, 9.17) is 0 Å². The smallest absolute Gasteiger partial charge is 0.166 e. The Hall–Kier alpha value is -1.70. The molecule has 1 aromatic carbocycles. The lowest BCUT2D eigenvalue weighted by molar-refractivity contribution is 0.190. The second kappa shape index (κ2) is 11.6. The lowest BCUT2D eigenvalue weighted by Gasteiger charge is -2.35. The van der Waals surface area contributed by atoms with Crippen molar-refractivity contribution < 1.29 is 8.78 Å². The Morgan fingerprint density at radius 3 is 2.43 bits per heavy atom. The van der Waals surface area contributed by atoms with Crippen molar-refractivity contribution in [3.8, 4) is 0 Å². The average Bonchev–Trinajstić information content (AvgIpc) is 2.78. The van der Waals surface area contributed by atoms with Gasteiger partial charge >= 0.3 is 0 Å². The minimum Gasteiger partial charge on any atom is -0.203 e. The minimum absolute atomic E-state index is 0.479. The third-order valence-electron chi connectivity index (χ3n) is 7.28. The van der Waals surface area contributed by atoms with Crippen LogP contribution in [0.5, 0.6) is 0 Å². The molecule has 0 nitrogen and oxygen atoms in total. The summed E-state index contributed by atoms with van der Waals surface area (Å²) in [4.78, 5) is 0. The van der Waals surface area contributed by atoms with Gasteiger partial charge in [0.15, 0.2) is 11.6 Å². The van der Waals surface area contributed by atoms with E-state index in [1.165, 1.54) is 32.1 Å². The molecule has 1 fully saturated rings. The number of aryl methyl sites for hydroxylation is 1. The summed E-state index contributed by atoms with van der Waals surface area (Å²) in [6, 6.07) is 3.58. The maximum atomic E-state index is 14.8. The number of halogens is 2. The van der Waals surface area contributed by atoms with Crippen molar-refractivity contribution in [3.63, 3.8) is 0 Å². The molecule has 0 spiro atoms. The van der Waals surface area contributed by atoms with Gasteiger partial charge in [0.1, 0.15) is 0 Å². The largest absolute Gasteiger partial charge is 0.203 e. The number of rotatable bonds is 9. The third-order valence-corrected chi connectivity index (χ3v) is 7.28. The molecule has 0 heterocycles. The molecule has 0 aromatic heterocycles. The lowest BCUT2D eigenvalue weighted by atomic mass is 9.70. The number of hydrogen-bond acceptors (Lipinski definition) is 0. The first-order valence-corrected chi connectivity index (χ1v) is 12.1. The predicted molar refractivity (Wildman–Crippen MR) is 124 cm³/mol. The van der Waals surface area contributed by atoms with Gasteiger partial charge in [-0.25, -0.2) is 8.78 Å². The van der Waals surface area contributed by atoms with E-state index in [2.05, 4.69) is 25.7 Å². The zero-order valence-corrected chi connectivity index (χ0v) is 18.6. The van der Waals surface area contributed by atoms with Crippen molar-refractivity contribution in [3.05, 3.63) is 65.8 Å². The fraction of sp³-hybridized carbons (Fsp3) is 0.571. The van der Waals surface area contributed by atoms with Crippen LogP contribution in [0.2, 0.25) is 0 Å². The van der Waals surface area contributed by atoms with E-state index >= 15 is 0 Å². The highest BCUT2D eigenvalue weighted by Crippen LogP contribution is 2.42. The summed E-state index contributed by atoms with van der Waals surface area (Å²) in [5, 5.41) is 0. The van der Waals surface area contributed by atoms with Crippen LogP contribution < -0.4 is 0 Å². The van der Waals surface area contributed by atoms with Crippen LogP contribution in [-0.4, -0.2) is 0 Å². The molecule has 1 saturated carbocycles. The van der Waals surface area contributed by atoms with Crippen LogP contribution in [0.3, 0.4) is 0 Å². The van der Waals surface area contributed by atoms with Crippen molar-refractivity contribution in [1.29, 1.82) is 0 Å². The van der Waals surface area contributed by atoms with Crippen LogP contribution in [0, 0.1) is 29.4 Å². The summed E-state index contributed by atoms with van der Waals surface area (Å²) in [6.45, 7) is 5.92. The topological polar surface area (TPSA) is 0 Å². The zero-order valence-electron chi connectivity index (χ0n) is 18.6. The van der Waals surface area contributed by atoms with Crippen LogP contribution in [-0.2, 0) is 6.42 Å². The molecule has 0 aliphatic heterocycles. The molecule has 30 heavy (non-hydrogen) atoms. The van der Waals surface area contributed by atoms with Crippen molar-refractivity contribution >= 4 is 5.57 Å². The van der Waals surface area contributed by atoms with E-state index in [1.54, 1.807) is 12.1 Å². The molecular weight excluding hydrogens is 374 g/mol. The van der Waals surface area contributed by atoms with Gasteiger partial charge in [0.25, 0.3) is 0 Å². The molecule has 2 aliphatic rings. The molecule has 2 aliphatic carbocycles. The maximum absolute atomic E-state index is 14.8. The average molecular weight is 413 g/mol. The molecule has 0 N–H and O–H groups in total. The molecule has 1 unspecified atom stereocenters. The number of hydrogen-bond donors (Lipinski definition) is 0. The van der Waals surface area contributed by atoms with E-state index in [9.17, 15) is 8.78 Å². The summed E-state index contributed by atoms with van der Waals surface area (Å²) in [5.41, 5.74) is 1.96. The first-order valence-electron chi connectivity index (χ1n) is 12.1. The second-order valence-electron chi connectivity index (χ2n) is 9.23. The molecule has 1 atom stereocenters. The molecule has 164 valence electrons. The SMILES string of the molecule is C=CCCC1CCC(C2CC=C(c3ccc(CCC=CCC)c(F)c3F)CC2)CC1. The fourth-order valence-electron chi connectivity index (χ4n) is 5.38. The van der Waals surface area contributed by atoms with Crippen LogP contribution in [0.25, 0.3) is 5.57 Å². The number of allylic oxidation sites excluding steroid dienone is 5. The molecule has 2 heteroatoms. The van der Waals surface area contributed by atoms with E-state index in [0.29, 0.717) is 23.5 Å². The fourth-order valence-corrected chi connectivity index (χ4v) is 5.38. The molecule has 0 saturated heterocycles. The first kappa shape index (κ1) is 23.0. The highest BCUT2D eigenvalue weighted by Gasteiger charge is 2.29. The van der Waals surface area contributed by atoms with E-state index in [0.717, 1.165) is 55.9 Å². The van der Waals surface area contributed by atoms with Gasteiger partial charge in [0, 0.05) is 5.56 Å². The molecular formula is C28H38F2. The molecule has 1 aromatic rings. The van der Waals surface area contributed by atoms with Crippen LogP contribution >= 0.6 is 0 Å². The van der Waals surface area contributed by atoms with E-state index < -0.39 is 11.6 Å². The maximum Gasteiger partial charge on any atom is 0.166 e. The Bertz CT molecular complexity index is 750. The van der Waals surface area contributed by atoms with Crippen molar-refractivity contribution in [2.45, 2.75) is 84.0 Å². The van der Waals surface area contributed by atoms with Gasteiger partial charge < -0.3 is 0 Å². The second-order valence-corrected chi connectivity index (χ2v) is 9.23. The highest BCUT2D eigenvalue weighted by molar-refractivity contribution is 5.67. The summed E-state index contributed by atoms with van der Waals surface area (Å²) in [5.74, 6) is 1.09. The third kappa shape index (κ3) is 5.93. The van der Waals surface area contributed by atoms with E-state index in [-0.39, 0.29) is 0 Å². The van der Waals surface area contributed by atoms with Gasteiger partial charge in [-0.15, -0.1) is 6.58 Å². The summed E-state index contributed by atoms with van der Waals surface area (Å²) < 4.78 is 29.4. The Labute approximate surface area is 182 Å². The van der Waals surface area contributed by atoms with Gasteiger partial charge in [-0.1, -0.05) is 56.2 Å². The standard InChI is InChI=1S/C28H38F2/c1-3-5-7-8-10-25-19-20-26(28(30)27(25)29)24-17-15-23(16-18-24)22-13-11-21(12-14-22)9-6-4-2/h4-5,7,17,19-23H,2-3,6,8-16,18H2,1H3. The van der Waals surface area contributed by atoms with Gasteiger partial charge in [0.05, 0.1) is 0 Å². The van der Waals surface area contributed by atoms with Crippen LogP contribution in [0.4, 0.5) is 8.78 Å². The summed E-state index contributed by atoms with van der Waals surface area (Å²) in [7, 11) is 0. The Kier molecular flexibility index (Phi) is 8.90. The minimum atomic E-state index is -0.654. The van der Waals surface area contributed by atoms with Gasteiger partial charge in [-0.05, 0) is 93.1 Å². The van der Waals surface area contributed by atoms with Crippen LogP contribution in [0.1, 0.15) is 88.7 Å². The zero-order chi connectivity index (χ0) is 21.3.